The van der Waals surface area contributed by atoms with Gasteiger partial charge in [-0.2, -0.15) is 4.98 Å². The van der Waals surface area contributed by atoms with E-state index < -0.39 is 0 Å². The molecular weight excluding hydrogens is 244 g/mol. The van der Waals surface area contributed by atoms with Gasteiger partial charge in [0.2, 0.25) is 0 Å². The average Bonchev–Trinajstić information content (AvgIpc) is 2.87. The summed E-state index contributed by atoms with van der Waals surface area (Å²) in [5.41, 5.74) is 0. The van der Waals surface area contributed by atoms with Crippen molar-refractivity contribution in [3.05, 3.63) is 24.4 Å². The Morgan fingerprint density at radius 2 is 2.21 bits per heavy atom. The Hall–Kier alpha value is -2.18. The molecule has 1 fully saturated rings. The summed E-state index contributed by atoms with van der Waals surface area (Å²) < 4.78 is 5.18. The summed E-state index contributed by atoms with van der Waals surface area (Å²) in [4.78, 5) is 14.5. The number of hydrogen-bond acceptors (Lipinski definition) is 7. The van der Waals surface area contributed by atoms with E-state index in [1.807, 2.05) is 13.0 Å². The molecule has 0 saturated carbocycles. The zero-order valence-electron chi connectivity index (χ0n) is 10.8. The van der Waals surface area contributed by atoms with Crippen molar-refractivity contribution in [2.45, 2.75) is 25.8 Å². The highest BCUT2D eigenvalue weighted by molar-refractivity contribution is 5.34. The van der Waals surface area contributed by atoms with Crippen LogP contribution in [-0.4, -0.2) is 39.2 Å². The predicted octanol–water partition coefficient (Wildman–Crippen LogP) is 1.25. The van der Waals surface area contributed by atoms with Gasteiger partial charge in [0.25, 0.3) is 0 Å². The number of piperidine rings is 1. The lowest BCUT2D eigenvalue weighted by Gasteiger charge is -2.31. The van der Waals surface area contributed by atoms with E-state index in [2.05, 4.69) is 30.3 Å². The van der Waals surface area contributed by atoms with Gasteiger partial charge in [0.1, 0.15) is 12.1 Å². The fourth-order valence-corrected chi connectivity index (χ4v) is 2.21. The van der Waals surface area contributed by atoms with E-state index in [9.17, 15) is 0 Å². The lowest BCUT2D eigenvalue weighted by molar-refractivity contribution is 0.394. The van der Waals surface area contributed by atoms with E-state index in [1.54, 1.807) is 12.5 Å². The minimum Gasteiger partial charge on any atom is -0.367 e. The molecular formula is C12H16N6O. The number of nitrogens with zero attached hydrogens (tertiary/aromatic N) is 5. The highest BCUT2D eigenvalue weighted by Crippen LogP contribution is 2.19. The smallest absolute Gasteiger partial charge is 0.324 e. The summed E-state index contributed by atoms with van der Waals surface area (Å²) in [7, 11) is 0. The van der Waals surface area contributed by atoms with Crippen LogP contribution in [0.4, 0.5) is 11.8 Å². The molecule has 19 heavy (non-hydrogen) atoms. The Bertz CT molecular complexity index is 520. The summed E-state index contributed by atoms with van der Waals surface area (Å²) in [5.74, 6) is 1.55. The normalized spacial score (nSPS) is 16.6. The average molecular weight is 260 g/mol. The molecule has 100 valence electrons. The van der Waals surface area contributed by atoms with Crippen LogP contribution in [0.15, 0.2) is 23.1 Å². The molecule has 1 N–H and O–H groups in total. The zero-order valence-corrected chi connectivity index (χ0v) is 10.8. The van der Waals surface area contributed by atoms with Crippen LogP contribution in [0, 0.1) is 6.92 Å². The molecule has 2 aromatic rings. The first-order valence-corrected chi connectivity index (χ1v) is 6.39. The number of anilines is 2. The van der Waals surface area contributed by atoms with Crippen molar-refractivity contribution >= 4 is 11.8 Å². The Labute approximate surface area is 111 Å². The van der Waals surface area contributed by atoms with Gasteiger partial charge in [-0.1, -0.05) is 5.16 Å². The van der Waals surface area contributed by atoms with E-state index in [4.69, 9.17) is 4.52 Å². The first-order chi connectivity index (χ1) is 9.31. The molecule has 7 nitrogen and oxygen atoms in total. The van der Waals surface area contributed by atoms with Crippen molar-refractivity contribution in [1.82, 2.24) is 20.1 Å². The molecule has 3 heterocycles. The third-order valence-electron chi connectivity index (χ3n) is 3.22. The van der Waals surface area contributed by atoms with Crippen LogP contribution in [0.1, 0.15) is 18.7 Å². The second-order valence-corrected chi connectivity index (χ2v) is 4.62. The summed E-state index contributed by atoms with van der Waals surface area (Å²) in [6, 6.07) is 2.93. The summed E-state index contributed by atoms with van der Waals surface area (Å²) >= 11 is 0. The van der Waals surface area contributed by atoms with E-state index in [1.165, 1.54) is 0 Å². The first-order valence-electron chi connectivity index (χ1n) is 6.39. The monoisotopic (exact) mass is 260 g/mol. The van der Waals surface area contributed by atoms with Crippen LogP contribution in [0.5, 0.6) is 0 Å². The third-order valence-corrected chi connectivity index (χ3v) is 3.22. The molecule has 0 spiro atoms. The van der Waals surface area contributed by atoms with Crippen LogP contribution in [-0.2, 0) is 0 Å². The van der Waals surface area contributed by atoms with Gasteiger partial charge < -0.3 is 14.7 Å². The minimum absolute atomic E-state index is 0.426. The van der Waals surface area contributed by atoms with Gasteiger partial charge in [-0.05, 0) is 25.8 Å². The molecule has 7 heteroatoms. The molecule has 0 aromatic carbocycles. The number of nitrogens with one attached hydrogen (secondary N) is 1. The Morgan fingerprint density at radius 3 is 2.84 bits per heavy atom. The SMILES string of the molecule is Cc1noc(N2CCC(Nc3ccncn3)CC2)n1. The van der Waals surface area contributed by atoms with Crippen LogP contribution >= 0.6 is 0 Å². The molecule has 1 aliphatic rings. The van der Waals surface area contributed by atoms with Crippen LogP contribution in [0.2, 0.25) is 0 Å². The van der Waals surface area contributed by atoms with Gasteiger partial charge in [0, 0.05) is 25.3 Å². The number of hydrogen-bond donors (Lipinski definition) is 1. The van der Waals surface area contributed by atoms with E-state index in [-0.39, 0.29) is 0 Å². The molecule has 0 aliphatic carbocycles. The van der Waals surface area contributed by atoms with Crippen molar-refractivity contribution < 1.29 is 4.52 Å². The molecule has 0 unspecified atom stereocenters. The molecule has 1 saturated heterocycles. The molecule has 2 aromatic heterocycles. The van der Waals surface area contributed by atoms with Gasteiger partial charge in [-0.25, -0.2) is 9.97 Å². The third kappa shape index (κ3) is 2.81. The second-order valence-electron chi connectivity index (χ2n) is 4.62. The van der Waals surface area contributed by atoms with Crippen molar-refractivity contribution in [2.24, 2.45) is 0 Å². The van der Waals surface area contributed by atoms with E-state index in [0.29, 0.717) is 17.9 Å². The van der Waals surface area contributed by atoms with Crippen molar-refractivity contribution in [1.29, 1.82) is 0 Å². The Kier molecular flexibility index (Phi) is 3.26. The maximum Gasteiger partial charge on any atom is 0.324 e. The zero-order chi connectivity index (χ0) is 13.1. The standard InChI is InChI=1S/C12H16N6O/c1-9-15-12(19-17-9)18-6-3-10(4-7-18)16-11-2-5-13-8-14-11/h2,5,8,10H,3-4,6-7H2,1H3,(H,13,14,16). The second kappa shape index (κ2) is 5.21. The van der Waals surface area contributed by atoms with Gasteiger partial charge in [-0.3, -0.25) is 0 Å². The van der Waals surface area contributed by atoms with Crippen molar-refractivity contribution in [3.8, 4) is 0 Å². The number of aromatic nitrogens is 4. The molecule has 0 bridgehead atoms. The van der Waals surface area contributed by atoms with E-state index in [0.717, 1.165) is 31.7 Å². The highest BCUT2D eigenvalue weighted by Gasteiger charge is 2.22. The van der Waals surface area contributed by atoms with Gasteiger partial charge >= 0.3 is 6.01 Å². The van der Waals surface area contributed by atoms with Gasteiger partial charge in [-0.15, -0.1) is 0 Å². The largest absolute Gasteiger partial charge is 0.367 e. The number of aryl methyl sites for hydroxylation is 1. The lowest BCUT2D eigenvalue weighted by atomic mass is 10.1. The summed E-state index contributed by atoms with van der Waals surface area (Å²) in [6.45, 7) is 3.64. The fourth-order valence-electron chi connectivity index (χ4n) is 2.21. The maximum absolute atomic E-state index is 5.18. The summed E-state index contributed by atoms with van der Waals surface area (Å²) in [5, 5.41) is 7.23. The molecule has 1 aliphatic heterocycles. The molecule has 0 atom stereocenters. The number of rotatable bonds is 3. The lowest BCUT2D eigenvalue weighted by Crippen LogP contribution is -2.39. The van der Waals surface area contributed by atoms with E-state index >= 15 is 0 Å². The highest BCUT2D eigenvalue weighted by atomic mass is 16.5. The van der Waals surface area contributed by atoms with Crippen LogP contribution in [0.3, 0.4) is 0 Å². The molecule has 0 radical (unpaired) electrons. The predicted molar refractivity (Wildman–Crippen MR) is 69.9 cm³/mol. The van der Waals surface area contributed by atoms with Gasteiger partial charge in [0.05, 0.1) is 0 Å². The Morgan fingerprint density at radius 1 is 1.37 bits per heavy atom. The van der Waals surface area contributed by atoms with Crippen molar-refractivity contribution in [3.63, 3.8) is 0 Å². The van der Waals surface area contributed by atoms with Gasteiger partial charge in [0.15, 0.2) is 5.82 Å². The first kappa shape index (κ1) is 11.9. The molecule has 0 amide bonds. The minimum atomic E-state index is 0.426. The summed E-state index contributed by atoms with van der Waals surface area (Å²) in [6.07, 6.45) is 5.33. The topological polar surface area (TPSA) is 80.0 Å². The fraction of sp³-hybridized carbons (Fsp3) is 0.500. The Balaban J connectivity index is 1.55. The van der Waals surface area contributed by atoms with Crippen LogP contribution < -0.4 is 10.2 Å². The van der Waals surface area contributed by atoms with Crippen molar-refractivity contribution in [2.75, 3.05) is 23.3 Å². The maximum atomic E-state index is 5.18. The quantitative estimate of drug-likeness (QED) is 0.889. The molecule has 3 rings (SSSR count). The van der Waals surface area contributed by atoms with Crippen LogP contribution in [0.25, 0.3) is 0 Å².